The molecule has 1 aliphatic carbocycles. The van der Waals surface area contributed by atoms with Gasteiger partial charge in [0.1, 0.15) is 17.3 Å². The first-order valence-corrected chi connectivity index (χ1v) is 13.3. The molecule has 0 amide bonds. The van der Waals surface area contributed by atoms with E-state index >= 15 is 0 Å². The van der Waals surface area contributed by atoms with Crippen molar-refractivity contribution in [1.29, 1.82) is 0 Å². The molecule has 5 rings (SSSR count). The quantitative estimate of drug-likeness (QED) is 0.362. The van der Waals surface area contributed by atoms with Crippen LogP contribution in [0, 0.1) is 11.6 Å². The number of fused-ring (bicyclic) bond motifs is 1. The molecule has 0 saturated carbocycles. The van der Waals surface area contributed by atoms with E-state index in [-0.39, 0.29) is 17.1 Å². The van der Waals surface area contributed by atoms with Crippen molar-refractivity contribution in [2.45, 2.75) is 70.3 Å². The normalized spacial score (nSPS) is 20.1. The number of rotatable bonds is 3. The van der Waals surface area contributed by atoms with Crippen LogP contribution in [0.3, 0.4) is 0 Å². The zero-order valence-electron chi connectivity index (χ0n) is 21.2. The van der Waals surface area contributed by atoms with Crippen LogP contribution in [-0.4, -0.2) is 28.1 Å². The SMILES string of the molecule is CC(C)(C)N1CCC(c2cc(C3CCCC=C3Cl)c3ccc(=O)n(-c4c(F)cccc4F)c3c2)CC1. The Labute approximate surface area is 216 Å². The number of benzene rings is 2. The van der Waals surface area contributed by atoms with Gasteiger partial charge in [-0.05, 0) is 107 Å². The number of hydrogen-bond donors (Lipinski definition) is 0. The second kappa shape index (κ2) is 9.75. The third-order valence-electron chi connectivity index (χ3n) is 7.89. The summed E-state index contributed by atoms with van der Waals surface area (Å²) in [6, 6.07) is 11.1. The van der Waals surface area contributed by atoms with Gasteiger partial charge in [0.2, 0.25) is 0 Å². The van der Waals surface area contributed by atoms with Crippen molar-refractivity contribution in [2.24, 2.45) is 0 Å². The van der Waals surface area contributed by atoms with Crippen LogP contribution in [-0.2, 0) is 0 Å². The lowest BCUT2D eigenvalue weighted by atomic mass is 9.81. The molecule has 0 bridgehead atoms. The van der Waals surface area contributed by atoms with Gasteiger partial charge < -0.3 is 0 Å². The van der Waals surface area contributed by atoms with E-state index in [0.29, 0.717) is 11.4 Å². The number of likely N-dealkylation sites (tertiary alicyclic amines) is 1. The molecule has 2 aliphatic rings. The van der Waals surface area contributed by atoms with Crippen LogP contribution < -0.4 is 5.56 Å². The topological polar surface area (TPSA) is 25.2 Å². The summed E-state index contributed by atoms with van der Waals surface area (Å²) in [4.78, 5) is 15.6. The predicted octanol–water partition coefficient (Wildman–Crippen LogP) is 7.64. The van der Waals surface area contributed by atoms with E-state index in [1.54, 1.807) is 6.07 Å². The minimum atomic E-state index is -0.759. The summed E-state index contributed by atoms with van der Waals surface area (Å²) in [5.74, 6) is -1.21. The Balaban J connectivity index is 1.72. The Bertz CT molecular complexity index is 1360. The molecule has 0 N–H and O–H groups in total. The number of aromatic nitrogens is 1. The molecular formula is C30H33ClF2N2O. The van der Waals surface area contributed by atoms with Crippen molar-refractivity contribution in [1.82, 2.24) is 9.47 Å². The molecule has 1 aliphatic heterocycles. The Morgan fingerprint density at radius 1 is 0.972 bits per heavy atom. The van der Waals surface area contributed by atoms with Crippen LogP contribution >= 0.6 is 11.6 Å². The minimum Gasteiger partial charge on any atom is -0.298 e. The molecule has 3 nitrogen and oxygen atoms in total. The lowest BCUT2D eigenvalue weighted by molar-refractivity contribution is 0.102. The largest absolute Gasteiger partial charge is 0.298 e. The maximum Gasteiger partial charge on any atom is 0.255 e. The van der Waals surface area contributed by atoms with Crippen molar-refractivity contribution < 1.29 is 8.78 Å². The number of pyridine rings is 1. The highest BCUT2D eigenvalue weighted by Crippen LogP contribution is 2.42. The molecule has 1 saturated heterocycles. The first-order valence-electron chi connectivity index (χ1n) is 12.9. The molecule has 6 heteroatoms. The van der Waals surface area contributed by atoms with Gasteiger partial charge in [0.15, 0.2) is 0 Å². The van der Waals surface area contributed by atoms with E-state index in [1.165, 1.54) is 28.8 Å². The van der Waals surface area contributed by atoms with Crippen LogP contribution in [0.25, 0.3) is 16.6 Å². The highest BCUT2D eigenvalue weighted by atomic mass is 35.5. The Kier molecular flexibility index (Phi) is 6.82. The van der Waals surface area contributed by atoms with Crippen molar-refractivity contribution in [3.8, 4) is 5.69 Å². The van der Waals surface area contributed by atoms with Gasteiger partial charge in [-0.2, -0.15) is 0 Å². The fraction of sp³-hybridized carbons (Fsp3) is 0.433. The van der Waals surface area contributed by atoms with Crippen LogP contribution in [0.1, 0.15) is 75.8 Å². The lowest BCUT2D eigenvalue weighted by Crippen LogP contribution is -2.45. The van der Waals surface area contributed by atoms with E-state index in [4.69, 9.17) is 11.6 Å². The second-order valence-corrected chi connectivity index (χ2v) is 11.6. The molecule has 1 unspecified atom stereocenters. The number of halogens is 3. The molecule has 0 spiro atoms. The molecule has 3 aromatic rings. The van der Waals surface area contributed by atoms with E-state index in [1.807, 2.05) is 6.07 Å². The van der Waals surface area contributed by atoms with Gasteiger partial charge in [-0.25, -0.2) is 8.78 Å². The highest BCUT2D eigenvalue weighted by molar-refractivity contribution is 6.30. The fourth-order valence-electron chi connectivity index (χ4n) is 5.88. The first kappa shape index (κ1) is 25.2. The predicted molar refractivity (Wildman–Crippen MR) is 143 cm³/mol. The summed E-state index contributed by atoms with van der Waals surface area (Å²) in [5, 5.41) is 1.61. The van der Waals surface area contributed by atoms with Gasteiger partial charge >= 0.3 is 0 Å². The monoisotopic (exact) mass is 510 g/mol. The molecule has 1 fully saturated rings. The summed E-state index contributed by atoms with van der Waals surface area (Å²) in [6.07, 6.45) is 6.93. The smallest absolute Gasteiger partial charge is 0.255 e. The molecular weight excluding hydrogens is 478 g/mol. The van der Waals surface area contributed by atoms with Gasteiger partial charge in [0.25, 0.3) is 5.56 Å². The first-order chi connectivity index (χ1) is 17.1. The molecule has 2 aromatic carbocycles. The van der Waals surface area contributed by atoms with Crippen LogP contribution in [0.2, 0.25) is 0 Å². The fourth-order valence-corrected chi connectivity index (χ4v) is 6.22. The second-order valence-electron chi connectivity index (χ2n) is 11.1. The summed E-state index contributed by atoms with van der Waals surface area (Å²) >= 11 is 6.73. The van der Waals surface area contributed by atoms with Gasteiger partial charge in [-0.3, -0.25) is 14.3 Å². The lowest BCUT2D eigenvalue weighted by Gasteiger charge is -2.41. The molecule has 36 heavy (non-hydrogen) atoms. The van der Waals surface area contributed by atoms with Gasteiger partial charge in [0.05, 0.1) is 5.52 Å². The number of piperidine rings is 1. The van der Waals surface area contributed by atoms with Gasteiger partial charge in [-0.1, -0.05) is 29.8 Å². The number of nitrogens with zero attached hydrogens (tertiary/aromatic N) is 2. The van der Waals surface area contributed by atoms with Crippen LogP contribution in [0.5, 0.6) is 0 Å². The summed E-state index contributed by atoms with van der Waals surface area (Å²) in [7, 11) is 0. The number of allylic oxidation sites excluding steroid dienone is 2. The third-order valence-corrected chi connectivity index (χ3v) is 8.30. The highest BCUT2D eigenvalue weighted by Gasteiger charge is 2.30. The van der Waals surface area contributed by atoms with Crippen molar-refractivity contribution >= 4 is 22.5 Å². The van der Waals surface area contributed by atoms with E-state index in [9.17, 15) is 13.6 Å². The maximum absolute atomic E-state index is 14.9. The van der Waals surface area contributed by atoms with Gasteiger partial charge in [-0.15, -0.1) is 0 Å². The van der Waals surface area contributed by atoms with E-state index in [2.05, 4.69) is 37.8 Å². The molecule has 1 atom stereocenters. The third kappa shape index (κ3) is 4.64. The average molecular weight is 511 g/mol. The summed E-state index contributed by atoms with van der Waals surface area (Å²) in [6.45, 7) is 8.67. The molecule has 0 radical (unpaired) electrons. The number of para-hydroxylation sites is 1. The summed E-state index contributed by atoms with van der Waals surface area (Å²) < 4.78 is 31.1. The Hall–Kier alpha value is -2.50. The zero-order chi connectivity index (χ0) is 25.6. The Morgan fingerprint density at radius 2 is 1.67 bits per heavy atom. The van der Waals surface area contributed by atoms with Gasteiger partial charge in [0, 0.05) is 27.9 Å². The van der Waals surface area contributed by atoms with Crippen molar-refractivity contribution in [2.75, 3.05) is 13.1 Å². The van der Waals surface area contributed by atoms with E-state index < -0.39 is 17.2 Å². The molecule has 190 valence electrons. The van der Waals surface area contributed by atoms with Crippen LogP contribution in [0.15, 0.2) is 58.4 Å². The standard InChI is InChI=1S/C30H33ClF2N2O/c1-30(2,3)34-15-13-19(14-16-34)20-17-23(21-7-4-5-8-24(21)31)22-11-12-28(36)35(27(22)18-20)29-25(32)9-6-10-26(29)33/h6,8-12,17-19,21H,4-5,7,13-16H2,1-3H3. The Morgan fingerprint density at radius 3 is 2.31 bits per heavy atom. The number of hydrogen-bond acceptors (Lipinski definition) is 2. The van der Waals surface area contributed by atoms with E-state index in [0.717, 1.165) is 66.7 Å². The van der Waals surface area contributed by atoms with Crippen molar-refractivity contribution in [3.63, 3.8) is 0 Å². The summed E-state index contributed by atoms with van der Waals surface area (Å²) in [5.41, 5.74) is 2.01. The van der Waals surface area contributed by atoms with Crippen molar-refractivity contribution in [3.05, 3.63) is 86.7 Å². The maximum atomic E-state index is 14.9. The molecule has 2 heterocycles. The molecule has 1 aromatic heterocycles. The minimum absolute atomic E-state index is 0.00829. The average Bonchev–Trinajstić information content (AvgIpc) is 2.84. The van der Waals surface area contributed by atoms with Crippen LogP contribution in [0.4, 0.5) is 8.78 Å². The zero-order valence-corrected chi connectivity index (χ0v) is 21.9.